The smallest absolute Gasteiger partial charge is 0.124 e. The number of rotatable bonds is 4. The number of imidazole rings is 1. The van der Waals surface area contributed by atoms with Gasteiger partial charge in [-0.05, 0) is 33.2 Å². The van der Waals surface area contributed by atoms with Gasteiger partial charge in [0.25, 0.3) is 0 Å². The molecule has 0 radical (unpaired) electrons. The van der Waals surface area contributed by atoms with Gasteiger partial charge < -0.3 is 9.36 Å². The van der Waals surface area contributed by atoms with Gasteiger partial charge in [0.15, 0.2) is 0 Å². The van der Waals surface area contributed by atoms with E-state index in [0.29, 0.717) is 6.04 Å². The van der Waals surface area contributed by atoms with Crippen LogP contribution in [-0.4, -0.2) is 33.8 Å². The topological polar surface area (TPSA) is 38.1 Å². The Hall–Kier alpha value is -1.16. The third-order valence-electron chi connectivity index (χ3n) is 3.42. The molecule has 0 aliphatic carbocycles. The van der Waals surface area contributed by atoms with Crippen molar-refractivity contribution in [3.8, 4) is 0 Å². The number of likely N-dealkylation sites (tertiary alicyclic amines) is 1. The molecule has 1 saturated heterocycles. The highest BCUT2D eigenvalue weighted by molar-refractivity contribution is 5.53. The van der Waals surface area contributed by atoms with Gasteiger partial charge in [-0.15, -0.1) is 0 Å². The first-order chi connectivity index (χ1) is 8.20. The lowest BCUT2D eigenvalue weighted by Gasteiger charge is -2.30. The molecule has 1 aromatic heterocycles. The minimum atomic E-state index is 0.221. The first kappa shape index (κ1) is 12.3. The predicted octanol–water partition coefficient (Wildman–Crippen LogP) is 1.87. The predicted molar refractivity (Wildman–Crippen MR) is 66.7 cm³/mol. The monoisotopic (exact) mass is 235 g/mol. The van der Waals surface area contributed by atoms with E-state index in [1.807, 2.05) is 12.5 Å². The van der Waals surface area contributed by atoms with Gasteiger partial charge in [-0.1, -0.05) is 0 Å². The average molecular weight is 235 g/mol. The second-order valence-corrected chi connectivity index (χ2v) is 5.16. The normalized spacial score (nSPS) is 21.9. The zero-order valence-corrected chi connectivity index (χ0v) is 10.7. The Morgan fingerprint density at radius 3 is 3.12 bits per heavy atom. The molecule has 1 aliphatic heterocycles. The van der Waals surface area contributed by atoms with E-state index in [9.17, 15) is 4.79 Å². The summed E-state index contributed by atoms with van der Waals surface area (Å²) in [6.45, 7) is 7.22. The van der Waals surface area contributed by atoms with E-state index < -0.39 is 0 Å². The molecule has 1 atom stereocenters. The Kier molecular flexibility index (Phi) is 3.94. The van der Waals surface area contributed by atoms with E-state index >= 15 is 0 Å². The Morgan fingerprint density at radius 2 is 2.41 bits per heavy atom. The van der Waals surface area contributed by atoms with Gasteiger partial charge >= 0.3 is 0 Å². The van der Waals surface area contributed by atoms with Crippen LogP contribution in [0.1, 0.15) is 38.4 Å². The van der Waals surface area contributed by atoms with Crippen molar-refractivity contribution >= 4 is 6.29 Å². The van der Waals surface area contributed by atoms with Crippen molar-refractivity contribution in [2.75, 3.05) is 13.1 Å². The first-order valence-electron chi connectivity index (χ1n) is 6.39. The molecule has 2 heterocycles. The lowest BCUT2D eigenvalue weighted by Crippen LogP contribution is -2.36. The van der Waals surface area contributed by atoms with Gasteiger partial charge in [-0.25, -0.2) is 4.98 Å². The summed E-state index contributed by atoms with van der Waals surface area (Å²) in [4.78, 5) is 17.4. The molecule has 4 heteroatoms. The van der Waals surface area contributed by atoms with Crippen LogP contribution < -0.4 is 0 Å². The number of carbonyl (C=O) groups is 1. The van der Waals surface area contributed by atoms with Crippen molar-refractivity contribution in [1.29, 1.82) is 0 Å². The van der Waals surface area contributed by atoms with Crippen LogP contribution in [0.15, 0.2) is 12.5 Å². The van der Waals surface area contributed by atoms with Crippen molar-refractivity contribution in [3.63, 3.8) is 0 Å². The molecular formula is C13H21N3O. The molecule has 2 rings (SSSR count). The summed E-state index contributed by atoms with van der Waals surface area (Å²) in [7, 11) is 0. The van der Waals surface area contributed by atoms with Crippen molar-refractivity contribution in [3.05, 3.63) is 18.2 Å². The number of carbonyl (C=O) groups excluding carboxylic acids is 1. The van der Waals surface area contributed by atoms with Gasteiger partial charge in [0.2, 0.25) is 0 Å². The van der Waals surface area contributed by atoms with Gasteiger partial charge in [0.05, 0.1) is 12.0 Å². The minimum absolute atomic E-state index is 0.221. The van der Waals surface area contributed by atoms with Crippen LogP contribution in [0.4, 0.5) is 0 Å². The summed E-state index contributed by atoms with van der Waals surface area (Å²) >= 11 is 0. The summed E-state index contributed by atoms with van der Waals surface area (Å²) in [5.41, 5.74) is 1.24. The summed E-state index contributed by atoms with van der Waals surface area (Å²) in [5, 5.41) is 0. The molecule has 1 unspecified atom stereocenters. The lowest BCUT2D eigenvalue weighted by molar-refractivity contribution is -0.112. The van der Waals surface area contributed by atoms with Gasteiger partial charge in [0, 0.05) is 31.2 Å². The molecule has 17 heavy (non-hydrogen) atoms. The maximum Gasteiger partial charge on any atom is 0.124 e. The molecule has 0 bridgehead atoms. The highest BCUT2D eigenvalue weighted by Crippen LogP contribution is 2.18. The molecule has 1 aliphatic rings. The minimum Gasteiger partial charge on any atom is -0.331 e. The summed E-state index contributed by atoms with van der Waals surface area (Å²) < 4.78 is 2.20. The number of hydrogen-bond acceptors (Lipinski definition) is 3. The molecule has 1 aromatic rings. The van der Waals surface area contributed by atoms with E-state index in [2.05, 4.69) is 28.3 Å². The van der Waals surface area contributed by atoms with Crippen LogP contribution in [0.2, 0.25) is 0 Å². The molecule has 0 N–H and O–H groups in total. The molecule has 4 nitrogen and oxygen atoms in total. The van der Waals surface area contributed by atoms with Crippen molar-refractivity contribution in [2.24, 2.45) is 5.92 Å². The Morgan fingerprint density at radius 1 is 1.59 bits per heavy atom. The molecule has 1 fully saturated rings. The second kappa shape index (κ2) is 5.45. The first-order valence-corrected chi connectivity index (χ1v) is 6.39. The van der Waals surface area contributed by atoms with E-state index in [0.717, 1.165) is 38.8 Å². The average Bonchev–Trinajstić information content (AvgIpc) is 2.77. The van der Waals surface area contributed by atoms with Crippen LogP contribution in [0, 0.1) is 5.92 Å². The van der Waals surface area contributed by atoms with Crippen LogP contribution in [0.3, 0.4) is 0 Å². The molecule has 0 aromatic carbocycles. The summed E-state index contributed by atoms with van der Waals surface area (Å²) in [5.74, 6) is 0.221. The lowest BCUT2D eigenvalue weighted by atomic mass is 10.00. The van der Waals surface area contributed by atoms with Crippen LogP contribution in [0.5, 0.6) is 0 Å². The Labute approximate surface area is 103 Å². The number of hydrogen-bond donors (Lipinski definition) is 0. The van der Waals surface area contributed by atoms with Crippen molar-refractivity contribution < 1.29 is 4.79 Å². The maximum atomic E-state index is 10.8. The Balaban J connectivity index is 2.00. The molecule has 0 spiro atoms. The SMILES string of the molecule is CC(C)n1cncc1CN1CCCC(C=O)C1. The number of aldehydes is 1. The Bertz CT molecular complexity index is 372. The quantitative estimate of drug-likeness (QED) is 0.748. The fourth-order valence-electron chi connectivity index (χ4n) is 2.49. The zero-order chi connectivity index (χ0) is 12.3. The molecule has 0 amide bonds. The van der Waals surface area contributed by atoms with E-state index in [1.54, 1.807) is 0 Å². The summed E-state index contributed by atoms with van der Waals surface area (Å²) in [6, 6.07) is 0.444. The van der Waals surface area contributed by atoms with Crippen molar-refractivity contribution in [2.45, 2.75) is 39.3 Å². The van der Waals surface area contributed by atoms with Crippen LogP contribution in [0.25, 0.3) is 0 Å². The zero-order valence-electron chi connectivity index (χ0n) is 10.7. The standard InChI is InChI=1S/C13H21N3O/c1-11(2)16-10-14-6-13(16)8-15-5-3-4-12(7-15)9-17/h6,9-12H,3-5,7-8H2,1-2H3. The highest BCUT2D eigenvalue weighted by atomic mass is 16.1. The van der Waals surface area contributed by atoms with E-state index in [-0.39, 0.29) is 5.92 Å². The highest BCUT2D eigenvalue weighted by Gasteiger charge is 2.20. The number of aromatic nitrogens is 2. The van der Waals surface area contributed by atoms with E-state index in [4.69, 9.17) is 0 Å². The van der Waals surface area contributed by atoms with E-state index in [1.165, 1.54) is 5.69 Å². The van der Waals surface area contributed by atoms with Crippen LogP contribution >= 0.6 is 0 Å². The summed E-state index contributed by atoms with van der Waals surface area (Å²) in [6.07, 6.45) is 7.10. The largest absolute Gasteiger partial charge is 0.331 e. The van der Waals surface area contributed by atoms with Crippen LogP contribution in [-0.2, 0) is 11.3 Å². The fraction of sp³-hybridized carbons (Fsp3) is 0.692. The number of nitrogens with zero attached hydrogens (tertiary/aromatic N) is 3. The molecule has 94 valence electrons. The van der Waals surface area contributed by atoms with Crippen molar-refractivity contribution in [1.82, 2.24) is 14.5 Å². The maximum absolute atomic E-state index is 10.8. The van der Waals surface area contributed by atoms with Gasteiger partial charge in [0.1, 0.15) is 6.29 Å². The third kappa shape index (κ3) is 2.94. The van der Waals surface area contributed by atoms with Gasteiger partial charge in [-0.3, -0.25) is 4.90 Å². The molecular weight excluding hydrogens is 214 g/mol. The molecule has 0 saturated carbocycles. The number of piperidine rings is 1. The second-order valence-electron chi connectivity index (χ2n) is 5.16. The third-order valence-corrected chi connectivity index (χ3v) is 3.42. The van der Waals surface area contributed by atoms with Gasteiger partial charge in [-0.2, -0.15) is 0 Å². The fourth-order valence-corrected chi connectivity index (χ4v) is 2.49.